The molecule has 112 valence electrons. The molecule has 0 saturated heterocycles. The molecule has 4 heteroatoms. The second kappa shape index (κ2) is 5.62. The molecule has 0 unspecified atom stereocenters. The molecule has 3 nitrogen and oxygen atoms in total. The van der Waals surface area contributed by atoms with Gasteiger partial charge in [0, 0.05) is 0 Å². The van der Waals surface area contributed by atoms with Crippen LogP contribution in [0, 0.1) is 13.8 Å². The normalized spacial score (nSPS) is 12.4. The lowest BCUT2D eigenvalue weighted by Crippen LogP contribution is -2.41. The minimum absolute atomic E-state index is 0.287. The molecule has 0 saturated carbocycles. The summed E-state index contributed by atoms with van der Waals surface area (Å²) in [6, 6.07) is 14.7. The van der Waals surface area contributed by atoms with E-state index in [-0.39, 0.29) is 4.90 Å². The highest BCUT2D eigenvalue weighted by Crippen LogP contribution is 2.25. The Labute approximate surface area is 127 Å². The zero-order valence-electron chi connectivity index (χ0n) is 12.8. The summed E-state index contributed by atoms with van der Waals surface area (Å²) in [4.78, 5) is 0.287. The van der Waals surface area contributed by atoms with Gasteiger partial charge in [0.2, 0.25) is 10.0 Å². The molecule has 2 rings (SSSR count). The lowest BCUT2D eigenvalue weighted by atomic mass is 9.92. The fraction of sp³-hybridized carbons (Fsp3) is 0.294. The lowest BCUT2D eigenvalue weighted by molar-refractivity contribution is 0.470. The monoisotopic (exact) mass is 303 g/mol. The van der Waals surface area contributed by atoms with Gasteiger partial charge in [-0.2, -0.15) is 0 Å². The molecule has 0 heterocycles. The van der Waals surface area contributed by atoms with Crippen LogP contribution in [0.1, 0.15) is 30.5 Å². The zero-order valence-corrected chi connectivity index (χ0v) is 13.7. The third kappa shape index (κ3) is 3.52. The van der Waals surface area contributed by atoms with Crippen molar-refractivity contribution in [3.63, 3.8) is 0 Å². The summed E-state index contributed by atoms with van der Waals surface area (Å²) in [5.74, 6) is 0. The van der Waals surface area contributed by atoms with Crippen LogP contribution in [0.15, 0.2) is 53.4 Å². The van der Waals surface area contributed by atoms with Crippen LogP contribution in [0.2, 0.25) is 0 Å². The van der Waals surface area contributed by atoms with Gasteiger partial charge in [-0.15, -0.1) is 0 Å². The van der Waals surface area contributed by atoms with Gasteiger partial charge in [0.1, 0.15) is 0 Å². The summed E-state index contributed by atoms with van der Waals surface area (Å²) in [7, 11) is -3.55. The summed E-state index contributed by atoms with van der Waals surface area (Å²) in [6.07, 6.45) is 0. The van der Waals surface area contributed by atoms with Gasteiger partial charge < -0.3 is 0 Å². The maximum Gasteiger partial charge on any atom is 0.241 e. The van der Waals surface area contributed by atoms with Crippen LogP contribution < -0.4 is 4.72 Å². The zero-order chi connectivity index (χ0) is 15.7. The van der Waals surface area contributed by atoms with Crippen molar-refractivity contribution in [2.45, 2.75) is 38.1 Å². The van der Waals surface area contributed by atoms with E-state index in [0.717, 1.165) is 16.7 Å². The van der Waals surface area contributed by atoms with E-state index in [1.807, 2.05) is 52.0 Å². The first-order valence-electron chi connectivity index (χ1n) is 6.89. The van der Waals surface area contributed by atoms with Crippen molar-refractivity contribution in [3.05, 3.63) is 65.2 Å². The van der Waals surface area contributed by atoms with E-state index in [0.29, 0.717) is 0 Å². The number of benzene rings is 2. The van der Waals surface area contributed by atoms with Gasteiger partial charge in [0.15, 0.2) is 0 Å². The van der Waals surface area contributed by atoms with Crippen molar-refractivity contribution in [2.24, 2.45) is 0 Å². The van der Waals surface area contributed by atoms with Crippen molar-refractivity contribution in [2.75, 3.05) is 0 Å². The van der Waals surface area contributed by atoms with Gasteiger partial charge >= 0.3 is 0 Å². The second-order valence-corrected chi connectivity index (χ2v) is 7.54. The molecule has 0 aliphatic rings. The molecule has 0 aliphatic heterocycles. The highest BCUT2D eigenvalue weighted by molar-refractivity contribution is 7.89. The summed E-state index contributed by atoms with van der Waals surface area (Å²) in [6.45, 7) is 7.67. The Kier molecular flexibility index (Phi) is 4.21. The molecule has 0 amide bonds. The SMILES string of the molecule is Cc1ccc(S(=O)(=O)NC(C)(C)c2ccccc2C)cc1. The van der Waals surface area contributed by atoms with Crippen molar-refractivity contribution >= 4 is 10.0 Å². The van der Waals surface area contributed by atoms with Crippen LogP contribution >= 0.6 is 0 Å². The molecular weight excluding hydrogens is 282 g/mol. The highest BCUT2D eigenvalue weighted by Gasteiger charge is 2.28. The van der Waals surface area contributed by atoms with E-state index in [1.54, 1.807) is 24.3 Å². The standard InChI is InChI=1S/C17H21NO2S/c1-13-9-11-15(12-10-13)21(19,20)18-17(3,4)16-8-6-5-7-14(16)2/h5-12,18H,1-4H3. The second-order valence-electron chi connectivity index (χ2n) is 5.86. The van der Waals surface area contributed by atoms with Gasteiger partial charge in [-0.3, -0.25) is 0 Å². The maximum absolute atomic E-state index is 12.5. The Bertz CT molecular complexity index is 732. The average molecular weight is 303 g/mol. The first-order valence-corrected chi connectivity index (χ1v) is 8.37. The molecular formula is C17H21NO2S. The van der Waals surface area contributed by atoms with Gasteiger partial charge in [0.05, 0.1) is 10.4 Å². The predicted octanol–water partition coefficient (Wildman–Crippen LogP) is 3.52. The van der Waals surface area contributed by atoms with Crippen LogP contribution in [0.25, 0.3) is 0 Å². The van der Waals surface area contributed by atoms with E-state index in [4.69, 9.17) is 0 Å². The molecule has 0 atom stereocenters. The van der Waals surface area contributed by atoms with Crippen LogP contribution in [0.3, 0.4) is 0 Å². The smallest absolute Gasteiger partial charge is 0.207 e. The van der Waals surface area contributed by atoms with E-state index >= 15 is 0 Å². The molecule has 0 bridgehead atoms. The average Bonchev–Trinajstić information content (AvgIpc) is 2.38. The molecule has 21 heavy (non-hydrogen) atoms. The maximum atomic E-state index is 12.5. The van der Waals surface area contributed by atoms with Gasteiger partial charge in [0.25, 0.3) is 0 Å². The molecule has 0 fully saturated rings. The minimum Gasteiger partial charge on any atom is -0.207 e. The lowest BCUT2D eigenvalue weighted by Gasteiger charge is -2.28. The van der Waals surface area contributed by atoms with Gasteiger partial charge in [-0.25, -0.2) is 13.1 Å². The fourth-order valence-corrected chi connectivity index (χ4v) is 3.84. The largest absolute Gasteiger partial charge is 0.241 e. The molecule has 0 aliphatic carbocycles. The molecule has 2 aromatic rings. The van der Waals surface area contributed by atoms with E-state index in [1.165, 1.54) is 0 Å². The number of rotatable bonds is 4. The number of aryl methyl sites for hydroxylation is 2. The van der Waals surface area contributed by atoms with E-state index in [2.05, 4.69) is 4.72 Å². The van der Waals surface area contributed by atoms with Crippen molar-refractivity contribution in [1.29, 1.82) is 0 Å². The van der Waals surface area contributed by atoms with Crippen molar-refractivity contribution in [1.82, 2.24) is 4.72 Å². The van der Waals surface area contributed by atoms with Gasteiger partial charge in [-0.05, 0) is 51.0 Å². The topological polar surface area (TPSA) is 46.2 Å². The Hall–Kier alpha value is -1.65. The van der Waals surface area contributed by atoms with Crippen molar-refractivity contribution < 1.29 is 8.42 Å². The minimum atomic E-state index is -3.55. The molecule has 2 aromatic carbocycles. The summed E-state index contributed by atoms with van der Waals surface area (Å²) in [5.41, 5.74) is 2.40. The molecule has 1 N–H and O–H groups in total. The highest BCUT2D eigenvalue weighted by atomic mass is 32.2. The molecule has 0 aromatic heterocycles. The number of hydrogen-bond acceptors (Lipinski definition) is 2. The molecule has 0 spiro atoms. The Morgan fingerprint density at radius 2 is 1.48 bits per heavy atom. The van der Waals surface area contributed by atoms with E-state index in [9.17, 15) is 8.42 Å². The first kappa shape index (κ1) is 15.7. The number of hydrogen-bond donors (Lipinski definition) is 1. The summed E-state index contributed by atoms with van der Waals surface area (Å²) >= 11 is 0. The summed E-state index contributed by atoms with van der Waals surface area (Å²) in [5, 5.41) is 0. The number of nitrogens with one attached hydrogen (secondary N) is 1. The third-order valence-electron chi connectivity index (χ3n) is 3.54. The van der Waals surface area contributed by atoms with Crippen molar-refractivity contribution in [3.8, 4) is 0 Å². The predicted molar refractivity (Wildman–Crippen MR) is 85.7 cm³/mol. The summed E-state index contributed by atoms with van der Waals surface area (Å²) < 4.78 is 27.9. The Morgan fingerprint density at radius 3 is 2.05 bits per heavy atom. The van der Waals surface area contributed by atoms with Crippen LogP contribution in [-0.4, -0.2) is 8.42 Å². The fourth-order valence-electron chi connectivity index (χ4n) is 2.44. The number of sulfonamides is 1. The van der Waals surface area contributed by atoms with Crippen LogP contribution in [0.5, 0.6) is 0 Å². The van der Waals surface area contributed by atoms with E-state index < -0.39 is 15.6 Å². The van der Waals surface area contributed by atoms with Crippen LogP contribution in [-0.2, 0) is 15.6 Å². The van der Waals surface area contributed by atoms with Gasteiger partial charge in [-0.1, -0.05) is 42.0 Å². The van der Waals surface area contributed by atoms with Crippen LogP contribution in [0.4, 0.5) is 0 Å². The molecule has 0 radical (unpaired) electrons. The Morgan fingerprint density at radius 1 is 0.905 bits per heavy atom. The first-order chi connectivity index (χ1) is 9.72. The Balaban J connectivity index is 2.35. The quantitative estimate of drug-likeness (QED) is 0.939. The third-order valence-corrected chi connectivity index (χ3v) is 5.21.